The minimum Gasteiger partial charge on any atom is -0.507 e. The van der Waals surface area contributed by atoms with Crippen molar-refractivity contribution in [2.24, 2.45) is 29.1 Å². The predicted molar refractivity (Wildman–Crippen MR) is 175 cm³/mol. The Morgan fingerprint density at radius 3 is 2.26 bits per heavy atom. The van der Waals surface area contributed by atoms with Gasteiger partial charge < -0.3 is 15.2 Å². The number of fused-ring (bicyclic) bond motifs is 5. The summed E-state index contributed by atoms with van der Waals surface area (Å²) in [5.74, 6) is -5.14. The van der Waals surface area contributed by atoms with Gasteiger partial charge in [0.2, 0.25) is 23.6 Å². The molecule has 2 aliphatic heterocycles. The van der Waals surface area contributed by atoms with Crippen LogP contribution in [0.4, 0.5) is 11.4 Å². The molecule has 234 valence electrons. The molecule has 2 aliphatic carbocycles. The molecule has 0 radical (unpaired) electrons. The van der Waals surface area contributed by atoms with Crippen molar-refractivity contribution in [3.8, 4) is 5.75 Å². The number of carbonyl (C=O) groups excluding carboxylic acids is 4. The summed E-state index contributed by atoms with van der Waals surface area (Å²) in [6, 6.07) is 25.9. The molecule has 4 amide bonds. The number of amides is 4. The van der Waals surface area contributed by atoms with E-state index >= 15 is 0 Å². The molecule has 2 heterocycles. The third-order valence-electron chi connectivity index (χ3n) is 11.0. The van der Waals surface area contributed by atoms with Gasteiger partial charge in [-0.05, 0) is 60.8 Å². The zero-order valence-corrected chi connectivity index (χ0v) is 25.5. The first-order valence-corrected chi connectivity index (χ1v) is 15.8. The summed E-state index contributed by atoms with van der Waals surface area (Å²) in [6.07, 6.45) is 2.37. The molecule has 4 aliphatic rings. The van der Waals surface area contributed by atoms with Gasteiger partial charge in [-0.1, -0.05) is 78.4 Å². The van der Waals surface area contributed by atoms with E-state index in [2.05, 4.69) is 0 Å². The largest absolute Gasteiger partial charge is 0.507 e. The summed E-state index contributed by atoms with van der Waals surface area (Å²) >= 11 is 0. The maximum atomic E-state index is 14.6. The minimum atomic E-state index is -1.77. The summed E-state index contributed by atoms with van der Waals surface area (Å²) in [5, 5.41) is 32.7. The van der Waals surface area contributed by atoms with Crippen molar-refractivity contribution in [3.05, 3.63) is 108 Å². The average Bonchev–Trinajstić information content (AvgIpc) is 3.45. The van der Waals surface area contributed by atoms with E-state index in [1.54, 1.807) is 43.3 Å². The zero-order chi connectivity index (χ0) is 32.8. The van der Waals surface area contributed by atoms with Gasteiger partial charge in [-0.2, -0.15) is 0 Å². The SMILES string of the molecule is C[C@@]12C(=O)N(c3ccccc3)C(=O)[C@@H]1C[C@@H]1C(=CC[C@@H]3C(=O)N(c4cccc(B(O)O)c4)C(=O)[C@@H]31)[C@@H]2c1ccc2ccccc2c1O. The third-order valence-corrected chi connectivity index (χ3v) is 11.0. The van der Waals surface area contributed by atoms with E-state index in [4.69, 9.17) is 0 Å². The van der Waals surface area contributed by atoms with E-state index in [-0.39, 0.29) is 41.6 Å². The highest BCUT2D eigenvalue weighted by molar-refractivity contribution is 6.58. The summed E-state index contributed by atoms with van der Waals surface area (Å²) in [5.41, 5.74) is 0.841. The Morgan fingerprint density at radius 2 is 1.49 bits per heavy atom. The highest BCUT2D eigenvalue weighted by atomic mass is 16.4. The Bertz CT molecular complexity index is 2040. The molecule has 6 atom stereocenters. The number of anilines is 2. The number of rotatable bonds is 4. The molecular weight excluding hydrogens is 595 g/mol. The standard InChI is InChI=1S/C37H31BN2O7/c1-37-29(34(43)40(36(37)45)22-10-3-2-4-11-22)19-28-25(31(37)27-15-14-20-8-5-6-13-24(20)32(27)41)16-17-26-30(28)35(44)39(33(26)42)23-12-7-9-21(18-23)38(46)47/h2-16,18,26,28-31,41,46-47H,17,19H2,1H3/t26-,28+,29-,30-,31+,37+/m0/s1. The van der Waals surface area contributed by atoms with Crippen molar-refractivity contribution in [1.29, 1.82) is 0 Å². The van der Waals surface area contributed by atoms with Gasteiger partial charge in [0.15, 0.2) is 0 Å². The Hall–Kier alpha value is -5.06. The van der Waals surface area contributed by atoms with E-state index in [1.165, 1.54) is 17.0 Å². The van der Waals surface area contributed by atoms with Gasteiger partial charge in [-0.25, -0.2) is 4.90 Å². The quantitative estimate of drug-likeness (QED) is 0.179. The maximum absolute atomic E-state index is 14.6. The lowest BCUT2D eigenvalue weighted by Crippen LogP contribution is -2.49. The fourth-order valence-electron chi connectivity index (χ4n) is 8.77. The van der Waals surface area contributed by atoms with Crippen LogP contribution in [-0.2, 0) is 19.2 Å². The molecule has 4 aromatic carbocycles. The normalized spacial score (nSPS) is 28.3. The lowest BCUT2D eigenvalue weighted by molar-refractivity contribution is -0.131. The zero-order valence-electron chi connectivity index (χ0n) is 25.5. The summed E-state index contributed by atoms with van der Waals surface area (Å²) in [6.45, 7) is 1.79. The van der Waals surface area contributed by atoms with Gasteiger partial charge in [0, 0.05) is 16.9 Å². The number of hydrogen-bond acceptors (Lipinski definition) is 7. The van der Waals surface area contributed by atoms with Gasteiger partial charge in [0.1, 0.15) is 5.75 Å². The number of hydrogen-bond donors (Lipinski definition) is 3. The van der Waals surface area contributed by atoms with Crippen LogP contribution in [0.3, 0.4) is 0 Å². The number of carbonyl (C=O) groups is 4. The predicted octanol–water partition coefficient (Wildman–Crippen LogP) is 3.66. The molecule has 10 heteroatoms. The monoisotopic (exact) mass is 626 g/mol. The summed E-state index contributed by atoms with van der Waals surface area (Å²) in [4.78, 5) is 59.5. The van der Waals surface area contributed by atoms with Crippen LogP contribution in [0.25, 0.3) is 10.8 Å². The fraction of sp³-hybridized carbons (Fsp3) is 0.243. The van der Waals surface area contributed by atoms with Crippen LogP contribution < -0.4 is 15.3 Å². The van der Waals surface area contributed by atoms with Crippen LogP contribution in [0.2, 0.25) is 0 Å². The Balaban J connectivity index is 1.29. The van der Waals surface area contributed by atoms with Crippen LogP contribution in [0.15, 0.2) is 103 Å². The molecule has 2 saturated heterocycles. The molecule has 0 unspecified atom stereocenters. The van der Waals surface area contributed by atoms with Gasteiger partial charge in [-0.3, -0.25) is 24.1 Å². The van der Waals surface area contributed by atoms with Crippen LogP contribution in [0.5, 0.6) is 5.75 Å². The minimum absolute atomic E-state index is 0.0185. The lowest BCUT2D eigenvalue weighted by atomic mass is 9.51. The first-order valence-electron chi connectivity index (χ1n) is 15.8. The van der Waals surface area contributed by atoms with Crippen molar-refractivity contribution >= 4 is 58.4 Å². The first kappa shape index (κ1) is 29.4. The summed E-state index contributed by atoms with van der Waals surface area (Å²) in [7, 11) is -1.77. The first-order chi connectivity index (χ1) is 22.6. The molecule has 1 saturated carbocycles. The number of allylic oxidation sites excluding steroid dienone is 2. The van der Waals surface area contributed by atoms with Crippen LogP contribution in [-0.4, -0.2) is 45.9 Å². The van der Waals surface area contributed by atoms with Crippen molar-refractivity contribution in [1.82, 2.24) is 0 Å². The molecule has 0 aromatic heterocycles. The lowest BCUT2D eigenvalue weighted by Gasteiger charge is -2.49. The maximum Gasteiger partial charge on any atom is 0.488 e. The molecule has 4 aromatic rings. The number of aromatic hydroxyl groups is 1. The molecular formula is C37H31BN2O7. The van der Waals surface area contributed by atoms with E-state index in [1.807, 2.05) is 48.5 Å². The number of benzene rings is 4. The van der Waals surface area contributed by atoms with Gasteiger partial charge in [0.25, 0.3) is 0 Å². The molecule has 0 spiro atoms. The van der Waals surface area contributed by atoms with Crippen LogP contribution >= 0.6 is 0 Å². The topological polar surface area (TPSA) is 135 Å². The van der Waals surface area contributed by atoms with E-state index < -0.39 is 53.9 Å². The Morgan fingerprint density at radius 1 is 0.766 bits per heavy atom. The highest BCUT2D eigenvalue weighted by Crippen LogP contribution is 2.64. The number of phenolic OH excluding ortho intramolecular Hbond substituents is 1. The van der Waals surface area contributed by atoms with Crippen molar-refractivity contribution in [3.63, 3.8) is 0 Å². The van der Waals surface area contributed by atoms with Gasteiger partial charge in [0.05, 0.1) is 34.5 Å². The van der Waals surface area contributed by atoms with E-state index in [0.29, 0.717) is 16.6 Å². The Labute approximate surface area is 270 Å². The summed E-state index contributed by atoms with van der Waals surface area (Å²) < 4.78 is 0. The second-order valence-corrected chi connectivity index (χ2v) is 13.2. The fourth-order valence-corrected chi connectivity index (χ4v) is 8.77. The molecule has 0 bridgehead atoms. The van der Waals surface area contributed by atoms with E-state index in [0.717, 1.165) is 15.9 Å². The third kappa shape index (κ3) is 4.04. The van der Waals surface area contributed by atoms with Crippen molar-refractivity contribution < 1.29 is 34.3 Å². The van der Waals surface area contributed by atoms with E-state index in [9.17, 15) is 34.3 Å². The molecule has 3 fully saturated rings. The van der Waals surface area contributed by atoms with Crippen molar-refractivity contribution in [2.45, 2.75) is 25.7 Å². The molecule has 3 N–H and O–H groups in total. The molecule has 8 rings (SSSR count). The number of phenols is 1. The second-order valence-electron chi connectivity index (χ2n) is 13.2. The average molecular weight is 626 g/mol. The van der Waals surface area contributed by atoms with Crippen LogP contribution in [0.1, 0.15) is 31.2 Å². The molecule has 47 heavy (non-hydrogen) atoms. The number of imide groups is 2. The Kier molecular flexibility index (Phi) is 6.55. The van der Waals surface area contributed by atoms with Crippen LogP contribution in [0, 0.1) is 29.1 Å². The second kappa shape index (κ2) is 10.5. The number of para-hydroxylation sites is 1. The smallest absolute Gasteiger partial charge is 0.488 e. The van der Waals surface area contributed by atoms with Gasteiger partial charge >= 0.3 is 7.12 Å². The number of nitrogens with zero attached hydrogens (tertiary/aromatic N) is 2. The van der Waals surface area contributed by atoms with Crippen molar-refractivity contribution in [2.75, 3.05) is 9.80 Å². The highest BCUT2D eigenvalue weighted by Gasteiger charge is 2.68. The van der Waals surface area contributed by atoms with Gasteiger partial charge in [-0.15, -0.1) is 0 Å². The molecule has 9 nitrogen and oxygen atoms in total.